The number of ether oxygens (including phenoxy) is 1. The van der Waals surface area contributed by atoms with Gasteiger partial charge in [0.05, 0.1) is 18.5 Å². The first-order valence-electron chi connectivity index (χ1n) is 8.96. The number of nitrogens with zero attached hydrogens (tertiary/aromatic N) is 2. The van der Waals surface area contributed by atoms with Gasteiger partial charge in [0.2, 0.25) is 0 Å². The average molecular weight is 361 g/mol. The minimum Gasteiger partial charge on any atom is -0.497 e. The van der Waals surface area contributed by atoms with E-state index in [4.69, 9.17) is 4.74 Å². The van der Waals surface area contributed by atoms with Crippen LogP contribution < -0.4 is 9.64 Å². The van der Waals surface area contributed by atoms with Crippen LogP contribution in [0.4, 0.5) is 10.5 Å². The normalized spacial score (nSPS) is 21.6. The Kier molecular flexibility index (Phi) is 3.16. The van der Waals surface area contributed by atoms with E-state index in [9.17, 15) is 9.59 Å². The molecule has 0 aliphatic carbocycles. The molecule has 0 saturated carbocycles. The first-order valence-corrected chi connectivity index (χ1v) is 8.96. The van der Waals surface area contributed by atoms with Crippen molar-refractivity contribution in [2.45, 2.75) is 18.9 Å². The monoisotopic (exact) mass is 361 g/mol. The third-order valence-corrected chi connectivity index (χ3v) is 5.80. The Hall–Kier alpha value is -3.28. The molecule has 2 aromatic carbocycles. The first-order chi connectivity index (χ1) is 13.1. The van der Waals surface area contributed by atoms with E-state index in [0.717, 1.165) is 28.6 Å². The zero-order valence-electron chi connectivity index (χ0n) is 15.2. The minimum absolute atomic E-state index is 0.231. The lowest BCUT2D eigenvalue weighted by atomic mass is 9.87. The second-order valence-corrected chi connectivity index (χ2v) is 7.12. The SMILES string of the molecule is COc1ccc(N2C(=O)N3CCc4c([nH]c5ccccc45)[C@@]3(C)C2=O)cc1. The number of anilines is 1. The highest BCUT2D eigenvalue weighted by molar-refractivity contribution is 6.23. The Morgan fingerprint density at radius 3 is 2.56 bits per heavy atom. The number of benzene rings is 2. The molecule has 3 amide bonds. The predicted molar refractivity (Wildman–Crippen MR) is 102 cm³/mol. The van der Waals surface area contributed by atoms with Crippen LogP contribution in [0, 0.1) is 0 Å². The van der Waals surface area contributed by atoms with E-state index in [0.29, 0.717) is 18.0 Å². The second kappa shape index (κ2) is 5.36. The summed E-state index contributed by atoms with van der Waals surface area (Å²) < 4.78 is 5.18. The average Bonchev–Trinajstić information content (AvgIpc) is 3.17. The fourth-order valence-electron chi connectivity index (χ4n) is 4.35. The molecule has 3 aromatic rings. The summed E-state index contributed by atoms with van der Waals surface area (Å²) in [6.07, 6.45) is 0.727. The first kappa shape index (κ1) is 15.9. The number of carbonyl (C=O) groups excluding carboxylic acids is 2. The number of methoxy groups -OCH3 is 1. The third kappa shape index (κ3) is 1.95. The molecule has 5 rings (SSSR count). The van der Waals surface area contributed by atoms with Crippen LogP contribution >= 0.6 is 0 Å². The van der Waals surface area contributed by atoms with Crippen LogP contribution in [-0.4, -0.2) is 35.5 Å². The number of nitrogens with one attached hydrogen (secondary N) is 1. The maximum atomic E-state index is 13.5. The lowest BCUT2D eigenvalue weighted by Gasteiger charge is -2.35. The molecule has 0 bridgehead atoms. The topological polar surface area (TPSA) is 65.6 Å². The van der Waals surface area contributed by atoms with Gasteiger partial charge in [0, 0.05) is 17.4 Å². The Labute approximate surface area is 156 Å². The van der Waals surface area contributed by atoms with Crippen LogP contribution in [0.5, 0.6) is 5.75 Å². The van der Waals surface area contributed by atoms with E-state index >= 15 is 0 Å². The molecule has 6 nitrogen and oxygen atoms in total. The molecule has 1 fully saturated rings. The summed E-state index contributed by atoms with van der Waals surface area (Å²) in [4.78, 5) is 33.0. The Morgan fingerprint density at radius 2 is 1.81 bits per heavy atom. The molecule has 0 radical (unpaired) electrons. The van der Waals surface area contributed by atoms with Gasteiger partial charge in [0.15, 0.2) is 5.54 Å². The Balaban J connectivity index is 1.65. The molecule has 0 unspecified atom stereocenters. The predicted octanol–water partition coefficient (Wildman–Crippen LogP) is 3.42. The molecule has 27 heavy (non-hydrogen) atoms. The molecule has 1 atom stereocenters. The Bertz CT molecular complexity index is 1090. The summed E-state index contributed by atoms with van der Waals surface area (Å²) in [5.74, 6) is 0.449. The van der Waals surface area contributed by atoms with Gasteiger partial charge in [-0.25, -0.2) is 9.69 Å². The number of urea groups is 1. The third-order valence-electron chi connectivity index (χ3n) is 5.80. The summed E-state index contributed by atoms with van der Waals surface area (Å²) in [7, 11) is 1.58. The summed E-state index contributed by atoms with van der Waals surface area (Å²) in [6, 6.07) is 14.7. The van der Waals surface area contributed by atoms with Crippen LogP contribution in [0.3, 0.4) is 0 Å². The maximum Gasteiger partial charge on any atom is 0.332 e. The van der Waals surface area contributed by atoms with Gasteiger partial charge in [-0.15, -0.1) is 0 Å². The summed E-state index contributed by atoms with van der Waals surface area (Å²) in [5, 5.41) is 1.12. The van der Waals surface area contributed by atoms with Crippen molar-refractivity contribution in [3.63, 3.8) is 0 Å². The molecule has 0 spiro atoms. The van der Waals surface area contributed by atoms with Crippen LogP contribution in [0.25, 0.3) is 10.9 Å². The lowest BCUT2D eigenvalue weighted by molar-refractivity contribution is -0.125. The van der Waals surface area contributed by atoms with E-state index < -0.39 is 5.54 Å². The standard InChI is InChI=1S/C21H19N3O3/c1-21-18-16(15-5-3-4-6-17(15)22-18)11-12-23(21)20(26)24(19(21)25)13-7-9-14(27-2)10-8-13/h3-10,22H,11-12H2,1-2H3/t21-/m0/s1. The number of rotatable bonds is 2. The highest BCUT2D eigenvalue weighted by Crippen LogP contribution is 2.45. The largest absolute Gasteiger partial charge is 0.497 e. The van der Waals surface area contributed by atoms with Crippen molar-refractivity contribution in [3.8, 4) is 5.75 Å². The quantitative estimate of drug-likeness (QED) is 0.712. The second-order valence-electron chi connectivity index (χ2n) is 7.12. The number of carbonyl (C=O) groups is 2. The molecular weight excluding hydrogens is 342 g/mol. The molecule has 2 aliphatic rings. The van der Waals surface area contributed by atoms with Crippen LogP contribution in [0.2, 0.25) is 0 Å². The molecule has 1 saturated heterocycles. The van der Waals surface area contributed by atoms with E-state index in [1.165, 1.54) is 4.90 Å². The van der Waals surface area contributed by atoms with Crippen molar-refractivity contribution in [1.29, 1.82) is 0 Å². The molecule has 1 aromatic heterocycles. The van der Waals surface area contributed by atoms with Crippen molar-refractivity contribution >= 4 is 28.5 Å². The highest BCUT2D eigenvalue weighted by atomic mass is 16.5. The van der Waals surface area contributed by atoms with Gasteiger partial charge in [-0.2, -0.15) is 0 Å². The molecule has 1 N–H and O–H groups in total. The minimum atomic E-state index is -1.02. The number of aromatic amines is 1. The van der Waals surface area contributed by atoms with Gasteiger partial charge in [-0.1, -0.05) is 18.2 Å². The van der Waals surface area contributed by atoms with Gasteiger partial charge < -0.3 is 14.6 Å². The van der Waals surface area contributed by atoms with Crippen molar-refractivity contribution < 1.29 is 14.3 Å². The zero-order chi connectivity index (χ0) is 18.8. The van der Waals surface area contributed by atoms with E-state index in [1.807, 2.05) is 25.1 Å². The number of amides is 3. The van der Waals surface area contributed by atoms with Crippen LogP contribution in [0.15, 0.2) is 48.5 Å². The van der Waals surface area contributed by atoms with Gasteiger partial charge in [-0.3, -0.25) is 4.79 Å². The molecule has 3 heterocycles. The molecule has 2 aliphatic heterocycles. The van der Waals surface area contributed by atoms with Crippen LogP contribution in [0.1, 0.15) is 18.2 Å². The smallest absolute Gasteiger partial charge is 0.332 e. The van der Waals surface area contributed by atoms with Crippen molar-refractivity contribution in [2.75, 3.05) is 18.6 Å². The number of H-pyrrole nitrogens is 1. The van der Waals surface area contributed by atoms with E-state index in [-0.39, 0.29) is 11.9 Å². The Morgan fingerprint density at radius 1 is 1.07 bits per heavy atom. The van der Waals surface area contributed by atoms with Gasteiger partial charge in [0.25, 0.3) is 5.91 Å². The number of para-hydroxylation sites is 1. The van der Waals surface area contributed by atoms with Crippen LogP contribution in [-0.2, 0) is 16.8 Å². The number of imide groups is 1. The van der Waals surface area contributed by atoms with Crippen molar-refractivity contribution in [2.24, 2.45) is 0 Å². The van der Waals surface area contributed by atoms with Crippen molar-refractivity contribution in [1.82, 2.24) is 9.88 Å². The fraction of sp³-hybridized carbons (Fsp3) is 0.238. The maximum absolute atomic E-state index is 13.5. The molecular formula is C21H19N3O3. The van der Waals surface area contributed by atoms with E-state index in [1.54, 1.807) is 36.3 Å². The lowest BCUT2D eigenvalue weighted by Crippen LogP contribution is -2.49. The highest BCUT2D eigenvalue weighted by Gasteiger charge is 2.58. The van der Waals surface area contributed by atoms with Gasteiger partial charge in [0.1, 0.15) is 5.75 Å². The van der Waals surface area contributed by atoms with Gasteiger partial charge in [-0.05, 0) is 49.2 Å². The number of fused-ring (bicyclic) bond motifs is 5. The number of aromatic nitrogens is 1. The molecule has 136 valence electrons. The number of hydrogen-bond acceptors (Lipinski definition) is 3. The summed E-state index contributed by atoms with van der Waals surface area (Å²) >= 11 is 0. The fourth-order valence-corrected chi connectivity index (χ4v) is 4.35. The molecule has 6 heteroatoms. The summed E-state index contributed by atoms with van der Waals surface area (Å²) in [6.45, 7) is 2.35. The number of hydrogen-bond donors (Lipinski definition) is 1. The van der Waals surface area contributed by atoms with Gasteiger partial charge >= 0.3 is 6.03 Å². The summed E-state index contributed by atoms with van der Waals surface area (Å²) in [5.41, 5.74) is 2.48. The van der Waals surface area contributed by atoms with E-state index in [2.05, 4.69) is 11.1 Å². The zero-order valence-corrected chi connectivity index (χ0v) is 15.2. The van der Waals surface area contributed by atoms with Crippen molar-refractivity contribution in [3.05, 3.63) is 59.8 Å².